The Kier molecular flexibility index (Phi) is 4.88. The summed E-state index contributed by atoms with van der Waals surface area (Å²) in [5.74, 6) is 5.18. The van der Waals surface area contributed by atoms with E-state index in [1.54, 1.807) is 17.6 Å². The summed E-state index contributed by atoms with van der Waals surface area (Å²) in [6.45, 7) is 1.70. The Bertz CT molecular complexity index is 641. The molecule has 0 saturated carbocycles. The van der Waals surface area contributed by atoms with Crippen LogP contribution in [0.2, 0.25) is 0 Å². The van der Waals surface area contributed by atoms with Gasteiger partial charge in [0.25, 0.3) is 5.91 Å². The SMILES string of the molecule is CC(NC(=O)c1csc(C#CCO)c1)c1ccccn1. The van der Waals surface area contributed by atoms with Crippen molar-refractivity contribution in [2.45, 2.75) is 13.0 Å². The van der Waals surface area contributed by atoms with E-state index in [-0.39, 0.29) is 18.6 Å². The lowest BCUT2D eigenvalue weighted by molar-refractivity contribution is 0.0939. The molecule has 0 aliphatic carbocycles. The van der Waals surface area contributed by atoms with Crippen molar-refractivity contribution >= 4 is 17.2 Å². The molecule has 2 heterocycles. The van der Waals surface area contributed by atoms with Crippen molar-refractivity contribution in [1.82, 2.24) is 10.3 Å². The van der Waals surface area contributed by atoms with Crippen LogP contribution in [0.25, 0.3) is 0 Å². The van der Waals surface area contributed by atoms with Gasteiger partial charge in [0.15, 0.2) is 0 Å². The van der Waals surface area contributed by atoms with E-state index in [0.717, 1.165) is 10.6 Å². The highest BCUT2D eigenvalue weighted by Gasteiger charge is 2.13. The Balaban J connectivity index is 2.03. The molecule has 2 aromatic heterocycles. The van der Waals surface area contributed by atoms with E-state index in [1.807, 2.05) is 25.1 Å². The third-order valence-corrected chi connectivity index (χ3v) is 3.48. The maximum absolute atomic E-state index is 12.1. The molecule has 0 bridgehead atoms. The van der Waals surface area contributed by atoms with Crippen molar-refractivity contribution in [2.75, 3.05) is 6.61 Å². The van der Waals surface area contributed by atoms with Gasteiger partial charge in [0.05, 0.1) is 22.2 Å². The van der Waals surface area contributed by atoms with Crippen LogP contribution in [-0.2, 0) is 0 Å². The van der Waals surface area contributed by atoms with E-state index in [2.05, 4.69) is 22.1 Å². The summed E-state index contributed by atoms with van der Waals surface area (Å²) in [5.41, 5.74) is 1.39. The summed E-state index contributed by atoms with van der Waals surface area (Å²) in [6.07, 6.45) is 1.70. The van der Waals surface area contributed by atoms with Crippen LogP contribution in [0, 0.1) is 11.8 Å². The van der Waals surface area contributed by atoms with Crippen LogP contribution in [0.5, 0.6) is 0 Å². The molecular formula is C15H14N2O2S. The first-order valence-corrected chi connectivity index (χ1v) is 6.98. The van der Waals surface area contributed by atoms with Gasteiger partial charge in [0, 0.05) is 11.6 Å². The molecule has 0 aliphatic rings. The highest BCUT2D eigenvalue weighted by Crippen LogP contribution is 2.15. The Labute approximate surface area is 121 Å². The van der Waals surface area contributed by atoms with Crippen LogP contribution in [0.4, 0.5) is 0 Å². The zero-order valence-corrected chi connectivity index (χ0v) is 11.8. The number of aromatic nitrogens is 1. The van der Waals surface area contributed by atoms with Gasteiger partial charge in [0.1, 0.15) is 6.61 Å². The molecule has 0 aromatic carbocycles. The molecule has 0 spiro atoms. The summed E-state index contributed by atoms with van der Waals surface area (Å²) in [5, 5.41) is 13.3. The largest absolute Gasteiger partial charge is 0.384 e. The molecule has 0 radical (unpaired) electrons. The quantitative estimate of drug-likeness (QED) is 0.848. The Morgan fingerprint density at radius 3 is 3.10 bits per heavy atom. The minimum atomic E-state index is -0.184. The predicted octanol–water partition coefficient (Wildman–Crippen LogP) is 1.98. The average molecular weight is 286 g/mol. The first kappa shape index (κ1) is 14.3. The molecular weight excluding hydrogens is 272 g/mol. The number of rotatable bonds is 3. The summed E-state index contributed by atoms with van der Waals surface area (Å²) < 4.78 is 0. The number of hydrogen-bond donors (Lipinski definition) is 2. The van der Waals surface area contributed by atoms with E-state index in [0.29, 0.717) is 5.56 Å². The molecule has 1 unspecified atom stereocenters. The van der Waals surface area contributed by atoms with Crippen LogP contribution in [-0.4, -0.2) is 22.6 Å². The molecule has 0 aliphatic heterocycles. The van der Waals surface area contributed by atoms with Crippen LogP contribution >= 0.6 is 11.3 Å². The van der Waals surface area contributed by atoms with Gasteiger partial charge in [-0.1, -0.05) is 17.9 Å². The first-order chi connectivity index (χ1) is 9.70. The zero-order valence-electron chi connectivity index (χ0n) is 11.0. The Morgan fingerprint density at radius 1 is 1.55 bits per heavy atom. The second-order valence-electron chi connectivity index (χ2n) is 4.11. The van der Waals surface area contributed by atoms with E-state index in [1.165, 1.54) is 11.3 Å². The van der Waals surface area contributed by atoms with Gasteiger partial charge in [0.2, 0.25) is 0 Å². The lowest BCUT2D eigenvalue weighted by Crippen LogP contribution is -2.26. The number of thiophene rings is 1. The van der Waals surface area contributed by atoms with Gasteiger partial charge in [-0.05, 0) is 25.1 Å². The number of pyridine rings is 1. The third-order valence-electron chi connectivity index (χ3n) is 2.63. The Hall–Kier alpha value is -2.16. The molecule has 4 nitrogen and oxygen atoms in total. The minimum Gasteiger partial charge on any atom is -0.384 e. The minimum absolute atomic E-state index is 0.156. The second kappa shape index (κ2) is 6.85. The Morgan fingerprint density at radius 2 is 2.40 bits per heavy atom. The summed E-state index contributed by atoms with van der Waals surface area (Å²) in [4.78, 5) is 17.1. The number of aliphatic hydroxyl groups is 1. The van der Waals surface area contributed by atoms with E-state index in [4.69, 9.17) is 5.11 Å². The van der Waals surface area contributed by atoms with Crippen molar-refractivity contribution in [3.8, 4) is 11.8 Å². The van der Waals surface area contributed by atoms with Crippen molar-refractivity contribution in [2.24, 2.45) is 0 Å². The highest BCUT2D eigenvalue weighted by atomic mass is 32.1. The topological polar surface area (TPSA) is 62.2 Å². The predicted molar refractivity (Wildman–Crippen MR) is 78.4 cm³/mol. The fraction of sp³-hybridized carbons (Fsp3) is 0.200. The van der Waals surface area contributed by atoms with E-state index >= 15 is 0 Å². The maximum Gasteiger partial charge on any atom is 0.252 e. The van der Waals surface area contributed by atoms with Gasteiger partial charge in [-0.15, -0.1) is 11.3 Å². The molecule has 20 heavy (non-hydrogen) atoms. The normalized spacial score (nSPS) is 11.3. The molecule has 2 rings (SSSR count). The lowest BCUT2D eigenvalue weighted by atomic mass is 10.2. The molecule has 5 heteroatoms. The van der Waals surface area contributed by atoms with Gasteiger partial charge in [-0.25, -0.2) is 0 Å². The fourth-order valence-corrected chi connectivity index (χ4v) is 2.39. The number of carbonyl (C=O) groups excluding carboxylic acids is 1. The number of nitrogens with zero attached hydrogens (tertiary/aromatic N) is 1. The molecule has 2 N–H and O–H groups in total. The van der Waals surface area contributed by atoms with Crippen LogP contribution in [0.15, 0.2) is 35.8 Å². The van der Waals surface area contributed by atoms with Gasteiger partial charge >= 0.3 is 0 Å². The van der Waals surface area contributed by atoms with Crippen molar-refractivity contribution in [3.05, 3.63) is 52.0 Å². The third kappa shape index (κ3) is 3.67. The summed E-state index contributed by atoms with van der Waals surface area (Å²) in [6, 6.07) is 7.15. The van der Waals surface area contributed by atoms with Crippen molar-refractivity contribution < 1.29 is 9.90 Å². The molecule has 102 valence electrons. The van der Waals surface area contributed by atoms with Gasteiger partial charge in [-0.3, -0.25) is 9.78 Å². The van der Waals surface area contributed by atoms with Crippen LogP contribution < -0.4 is 5.32 Å². The van der Waals surface area contributed by atoms with Gasteiger partial charge in [-0.2, -0.15) is 0 Å². The average Bonchev–Trinajstić information content (AvgIpc) is 2.95. The summed E-state index contributed by atoms with van der Waals surface area (Å²) in [7, 11) is 0. The molecule has 0 saturated heterocycles. The number of amides is 1. The second-order valence-corrected chi connectivity index (χ2v) is 5.02. The van der Waals surface area contributed by atoms with E-state index in [9.17, 15) is 4.79 Å². The van der Waals surface area contributed by atoms with Crippen LogP contribution in [0.1, 0.15) is 33.9 Å². The van der Waals surface area contributed by atoms with Gasteiger partial charge < -0.3 is 10.4 Å². The number of aliphatic hydroxyl groups excluding tert-OH is 1. The number of carbonyl (C=O) groups is 1. The summed E-state index contributed by atoms with van der Waals surface area (Å²) >= 11 is 1.38. The van der Waals surface area contributed by atoms with Crippen molar-refractivity contribution in [1.29, 1.82) is 0 Å². The van der Waals surface area contributed by atoms with E-state index < -0.39 is 0 Å². The molecule has 1 amide bonds. The molecule has 1 atom stereocenters. The smallest absolute Gasteiger partial charge is 0.252 e. The number of nitrogens with one attached hydrogen (secondary N) is 1. The highest BCUT2D eigenvalue weighted by molar-refractivity contribution is 7.10. The lowest BCUT2D eigenvalue weighted by Gasteiger charge is -2.12. The fourth-order valence-electron chi connectivity index (χ4n) is 1.63. The maximum atomic E-state index is 12.1. The molecule has 2 aromatic rings. The zero-order chi connectivity index (χ0) is 14.4. The molecule has 0 fully saturated rings. The monoisotopic (exact) mass is 286 g/mol. The number of hydrogen-bond acceptors (Lipinski definition) is 4. The standard InChI is InChI=1S/C15H14N2O2S/c1-11(14-6-2-3-7-16-14)17-15(19)12-9-13(20-10-12)5-4-8-18/h2-3,6-7,9-11,18H,8H2,1H3,(H,17,19). The van der Waals surface area contributed by atoms with Crippen LogP contribution in [0.3, 0.4) is 0 Å². The van der Waals surface area contributed by atoms with Crippen molar-refractivity contribution in [3.63, 3.8) is 0 Å². The first-order valence-electron chi connectivity index (χ1n) is 6.10.